The quantitative estimate of drug-likeness (QED) is 0.744. The molecule has 1 aromatic heterocycles. The van der Waals surface area contributed by atoms with Crippen LogP contribution in [-0.2, 0) is 11.3 Å². The van der Waals surface area contributed by atoms with Crippen LogP contribution >= 0.6 is 0 Å². The molecule has 130 valence electrons. The second-order valence-electron chi connectivity index (χ2n) is 5.73. The van der Waals surface area contributed by atoms with E-state index < -0.39 is 6.10 Å². The fourth-order valence-corrected chi connectivity index (χ4v) is 2.43. The van der Waals surface area contributed by atoms with Gasteiger partial charge in [0.1, 0.15) is 5.75 Å². The Bertz CT molecular complexity index is 912. The standard InChI is InChI=1S/C20H18N4O2/c1-15(26-19-8-6-16(13-21)7-9-19)20(25)22-14-17-4-2-5-18(12-17)24-11-3-10-23-24/h2-12,15H,14H2,1H3,(H,22,25)/t15-/m0/s1. The Hall–Kier alpha value is -3.59. The van der Waals surface area contributed by atoms with E-state index in [1.165, 1.54) is 0 Å². The Morgan fingerprint density at radius 3 is 2.77 bits per heavy atom. The number of nitrogens with one attached hydrogen (secondary N) is 1. The SMILES string of the molecule is C[C@H](Oc1ccc(C#N)cc1)C(=O)NCc1cccc(-n2cccn2)c1. The van der Waals surface area contributed by atoms with Gasteiger partial charge in [-0.3, -0.25) is 4.79 Å². The van der Waals surface area contributed by atoms with Crippen LogP contribution in [0.3, 0.4) is 0 Å². The van der Waals surface area contributed by atoms with Crippen molar-refractivity contribution < 1.29 is 9.53 Å². The third-order valence-electron chi connectivity index (χ3n) is 3.81. The normalized spacial score (nSPS) is 11.4. The van der Waals surface area contributed by atoms with Crippen LogP contribution in [0.2, 0.25) is 0 Å². The summed E-state index contributed by atoms with van der Waals surface area (Å²) in [6.45, 7) is 2.09. The number of rotatable bonds is 6. The van der Waals surface area contributed by atoms with Gasteiger partial charge < -0.3 is 10.1 Å². The Labute approximate surface area is 151 Å². The number of amides is 1. The van der Waals surface area contributed by atoms with Gasteiger partial charge in [0.2, 0.25) is 0 Å². The van der Waals surface area contributed by atoms with Crippen molar-refractivity contribution >= 4 is 5.91 Å². The zero-order chi connectivity index (χ0) is 18.4. The number of nitriles is 1. The minimum absolute atomic E-state index is 0.209. The van der Waals surface area contributed by atoms with E-state index in [1.54, 1.807) is 42.1 Å². The second kappa shape index (κ2) is 7.99. The van der Waals surface area contributed by atoms with Gasteiger partial charge in [-0.2, -0.15) is 10.4 Å². The first-order chi connectivity index (χ1) is 12.7. The van der Waals surface area contributed by atoms with Gasteiger partial charge in [-0.25, -0.2) is 4.68 Å². The van der Waals surface area contributed by atoms with Crippen molar-refractivity contribution in [2.75, 3.05) is 0 Å². The predicted octanol–water partition coefficient (Wildman–Crippen LogP) is 2.83. The summed E-state index contributed by atoms with van der Waals surface area (Å²) in [5.74, 6) is 0.339. The Morgan fingerprint density at radius 2 is 2.08 bits per heavy atom. The summed E-state index contributed by atoms with van der Waals surface area (Å²) in [4.78, 5) is 12.3. The Morgan fingerprint density at radius 1 is 1.27 bits per heavy atom. The molecule has 0 spiro atoms. The van der Waals surface area contributed by atoms with Crippen LogP contribution in [-0.4, -0.2) is 21.8 Å². The highest BCUT2D eigenvalue weighted by atomic mass is 16.5. The number of carbonyl (C=O) groups is 1. The molecule has 6 heteroatoms. The minimum atomic E-state index is -0.641. The second-order valence-corrected chi connectivity index (χ2v) is 5.73. The topological polar surface area (TPSA) is 79.9 Å². The molecule has 0 aliphatic carbocycles. The number of hydrogen-bond acceptors (Lipinski definition) is 4. The van der Waals surface area contributed by atoms with Crippen molar-refractivity contribution in [3.05, 3.63) is 78.1 Å². The largest absolute Gasteiger partial charge is 0.481 e. The van der Waals surface area contributed by atoms with E-state index in [0.29, 0.717) is 17.9 Å². The highest BCUT2D eigenvalue weighted by Gasteiger charge is 2.14. The molecule has 0 fully saturated rings. The van der Waals surface area contributed by atoms with Gasteiger partial charge in [0.05, 0.1) is 17.3 Å². The highest BCUT2D eigenvalue weighted by Crippen LogP contribution is 2.14. The molecule has 1 atom stereocenters. The molecule has 0 bridgehead atoms. The molecule has 1 amide bonds. The summed E-state index contributed by atoms with van der Waals surface area (Å²) in [5, 5.41) is 15.9. The van der Waals surface area contributed by atoms with Gasteiger partial charge in [0, 0.05) is 18.9 Å². The molecule has 3 rings (SSSR count). The van der Waals surface area contributed by atoms with Crippen molar-refractivity contribution in [1.29, 1.82) is 5.26 Å². The van der Waals surface area contributed by atoms with Crippen molar-refractivity contribution in [1.82, 2.24) is 15.1 Å². The molecule has 0 aliphatic heterocycles. The molecule has 0 saturated heterocycles. The first-order valence-corrected chi connectivity index (χ1v) is 8.19. The summed E-state index contributed by atoms with van der Waals surface area (Å²) in [6, 6.07) is 18.4. The number of carbonyl (C=O) groups excluding carboxylic acids is 1. The van der Waals surface area contributed by atoms with Gasteiger partial charge in [-0.1, -0.05) is 12.1 Å². The first kappa shape index (κ1) is 17.2. The maximum absolute atomic E-state index is 12.3. The van der Waals surface area contributed by atoms with Gasteiger partial charge in [-0.15, -0.1) is 0 Å². The van der Waals surface area contributed by atoms with Crippen LogP contribution in [0.25, 0.3) is 5.69 Å². The lowest BCUT2D eigenvalue weighted by Crippen LogP contribution is -2.35. The van der Waals surface area contributed by atoms with E-state index in [1.807, 2.05) is 42.6 Å². The van der Waals surface area contributed by atoms with E-state index in [2.05, 4.69) is 10.4 Å². The summed E-state index contributed by atoms with van der Waals surface area (Å²) < 4.78 is 7.38. The maximum atomic E-state index is 12.3. The predicted molar refractivity (Wildman–Crippen MR) is 96.7 cm³/mol. The van der Waals surface area contributed by atoms with Crippen LogP contribution in [0.5, 0.6) is 5.75 Å². The molecule has 0 radical (unpaired) electrons. The fraction of sp³-hybridized carbons (Fsp3) is 0.150. The van der Waals surface area contributed by atoms with Crippen LogP contribution < -0.4 is 10.1 Å². The lowest BCUT2D eigenvalue weighted by molar-refractivity contribution is -0.127. The average molecular weight is 346 g/mol. The van der Waals surface area contributed by atoms with Crippen molar-refractivity contribution in [3.8, 4) is 17.5 Å². The van der Waals surface area contributed by atoms with E-state index in [4.69, 9.17) is 10.00 Å². The zero-order valence-corrected chi connectivity index (χ0v) is 14.3. The molecule has 0 saturated carbocycles. The van der Waals surface area contributed by atoms with E-state index >= 15 is 0 Å². The molecule has 0 aliphatic rings. The van der Waals surface area contributed by atoms with Crippen molar-refractivity contribution in [3.63, 3.8) is 0 Å². The Balaban J connectivity index is 1.56. The molecule has 0 unspecified atom stereocenters. The number of aromatic nitrogens is 2. The number of ether oxygens (including phenoxy) is 1. The van der Waals surface area contributed by atoms with Crippen LogP contribution in [0, 0.1) is 11.3 Å². The van der Waals surface area contributed by atoms with E-state index in [9.17, 15) is 4.79 Å². The van der Waals surface area contributed by atoms with Crippen molar-refractivity contribution in [2.24, 2.45) is 0 Å². The summed E-state index contributed by atoms with van der Waals surface area (Å²) in [6.07, 6.45) is 2.94. The van der Waals surface area contributed by atoms with Crippen LogP contribution in [0.4, 0.5) is 0 Å². The van der Waals surface area contributed by atoms with Crippen LogP contribution in [0.15, 0.2) is 67.0 Å². The van der Waals surface area contributed by atoms with Crippen LogP contribution in [0.1, 0.15) is 18.1 Å². The first-order valence-electron chi connectivity index (χ1n) is 8.19. The van der Waals surface area contributed by atoms with Gasteiger partial charge >= 0.3 is 0 Å². The monoisotopic (exact) mass is 346 g/mol. The lowest BCUT2D eigenvalue weighted by Gasteiger charge is -2.15. The highest BCUT2D eigenvalue weighted by molar-refractivity contribution is 5.80. The molecule has 26 heavy (non-hydrogen) atoms. The fourth-order valence-electron chi connectivity index (χ4n) is 2.43. The van der Waals surface area contributed by atoms with Gasteiger partial charge in [0.25, 0.3) is 5.91 Å². The smallest absolute Gasteiger partial charge is 0.261 e. The third-order valence-corrected chi connectivity index (χ3v) is 3.81. The molecule has 1 N–H and O–H groups in total. The number of hydrogen-bond donors (Lipinski definition) is 1. The van der Waals surface area contributed by atoms with E-state index in [0.717, 1.165) is 11.3 Å². The molecule has 2 aromatic carbocycles. The third kappa shape index (κ3) is 4.28. The summed E-state index contributed by atoms with van der Waals surface area (Å²) in [5.41, 5.74) is 2.45. The zero-order valence-electron chi connectivity index (χ0n) is 14.3. The Kier molecular flexibility index (Phi) is 5.30. The molecule has 1 heterocycles. The number of benzene rings is 2. The molecular weight excluding hydrogens is 328 g/mol. The van der Waals surface area contributed by atoms with E-state index in [-0.39, 0.29) is 5.91 Å². The summed E-state index contributed by atoms with van der Waals surface area (Å²) in [7, 11) is 0. The summed E-state index contributed by atoms with van der Waals surface area (Å²) >= 11 is 0. The maximum Gasteiger partial charge on any atom is 0.261 e. The molecule has 3 aromatic rings. The minimum Gasteiger partial charge on any atom is -0.481 e. The molecular formula is C20H18N4O2. The average Bonchev–Trinajstić information content (AvgIpc) is 3.22. The molecule has 6 nitrogen and oxygen atoms in total. The van der Waals surface area contributed by atoms with Gasteiger partial charge in [-0.05, 0) is 55.0 Å². The van der Waals surface area contributed by atoms with Crippen molar-refractivity contribution in [2.45, 2.75) is 19.6 Å². The van der Waals surface area contributed by atoms with Gasteiger partial charge in [0.15, 0.2) is 6.10 Å². The lowest BCUT2D eigenvalue weighted by atomic mass is 10.2. The number of nitrogens with zero attached hydrogens (tertiary/aromatic N) is 3.